The van der Waals surface area contributed by atoms with Gasteiger partial charge in [-0.15, -0.1) is 0 Å². The van der Waals surface area contributed by atoms with Crippen molar-refractivity contribution >= 4 is 11.6 Å². The monoisotopic (exact) mass is 219 g/mol. The molecule has 1 aliphatic heterocycles. The fraction of sp³-hybridized carbons (Fsp3) is 0.417. The van der Waals surface area contributed by atoms with Gasteiger partial charge in [-0.05, 0) is 44.1 Å². The summed E-state index contributed by atoms with van der Waals surface area (Å²) < 4.78 is 0. The number of carbonyl (C=O) groups excluding carboxylic acids is 1. The van der Waals surface area contributed by atoms with Crippen LogP contribution in [0.15, 0.2) is 24.3 Å². The Morgan fingerprint density at radius 3 is 2.81 bits per heavy atom. The van der Waals surface area contributed by atoms with Gasteiger partial charge in [-0.1, -0.05) is 6.07 Å². The number of amides is 1. The van der Waals surface area contributed by atoms with Crippen LogP contribution in [0.2, 0.25) is 0 Å². The van der Waals surface area contributed by atoms with Gasteiger partial charge in [0.05, 0.1) is 0 Å². The van der Waals surface area contributed by atoms with Gasteiger partial charge in [0.1, 0.15) is 0 Å². The van der Waals surface area contributed by atoms with Crippen molar-refractivity contribution in [2.75, 3.05) is 18.8 Å². The largest absolute Gasteiger partial charge is 0.399 e. The minimum Gasteiger partial charge on any atom is -0.399 e. The summed E-state index contributed by atoms with van der Waals surface area (Å²) in [5, 5.41) is 6.29. The molecule has 0 spiro atoms. The smallest absolute Gasteiger partial charge is 0.251 e. The van der Waals surface area contributed by atoms with E-state index < -0.39 is 0 Å². The van der Waals surface area contributed by atoms with Gasteiger partial charge in [0, 0.05) is 17.3 Å². The number of nitrogens with two attached hydrogens (primary N) is 1. The molecular formula is C12H17N3O. The van der Waals surface area contributed by atoms with Crippen LogP contribution in [-0.2, 0) is 0 Å². The lowest BCUT2D eigenvalue weighted by molar-refractivity contribution is 0.0929. The Morgan fingerprint density at radius 1 is 1.38 bits per heavy atom. The van der Waals surface area contributed by atoms with Crippen molar-refractivity contribution in [2.24, 2.45) is 0 Å². The van der Waals surface area contributed by atoms with E-state index in [0.29, 0.717) is 11.3 Å². The predicted octanol–water partition coefficient (Wildman–Crippen LogP) is 0.751. The van der Waals surface area contributed by atoms with Crippen molar-refractivity contribution < 1.29 is 4.79 Å². The summed E-state index contributed by atoms with van der Waals surface area (Å²) in [5.74, 6) is -0.0285. The highest BCUT2D eigenvalue weighted by Gasteiger charge is 2.16. The van der Waals surface area contributed by atoms with Gasteiger partial charge in [-0.2, -0.15) is 0 Å². The normalized spacial score (nSPS) is 17.0. The average Bonchev–Trinajstić information content (AvgIpc) is 2.30. The number of carbonyl (C=O) groups is 1. The maximum absolute atomic E-state index is 11.9. The van der Waals surface area contributed by atoms with Gasteiger partial charge in [0.25, 0.3) is 5.91 Å². The zero-order valence-electron chi connectivity index (χ0n) is 9.20. The highest BCUT2D eigenvalue weighted by atomic mass is 16.1. The number of nitrogens with one attached hydrogen (secondary N) is 2. The first-order valence-corrected chi connectivity index (χ1v) is 5.63. The molecule has 4 N–H and O–H groups in total. The molecule has 0 atom stereocenters. The second kappa shape index (κ2) is 4.99. The summed E-state index contributed by atoms with van der Waals surface area (Å²) >= 11 is 0. The van der Waals surface area contributed by atoms with Crippen molar-refractivity contribution in [3.63, 3.8) is 0 Å². The van der Waals surface area contributed by atoms with E-state index in [1.165, 1.54) is 0 Å². The molecule has 1 aromatic carbocycles. The van der Waals surface area contributed by atoms with Gasteiger partial charge >= 0.3 is 0 Å². The molecule has 1 aromatic rings. The Kier molecular flexibility index (Phi) is 3.41. The first-order valence-electron chi connectivity index (χ1n) is 5.63. The molecule has 86 valence electrons. The van der Waals surface area contributed by atoms with Crippen LogP contribution in [-0.4, -0.2) is 25.0 Å². The second-order valence-corrected chi connectivity index (χ2v) is 4.12. The first-order chi connectivity index (χ1) is 7.75. The van der Waals surface area contributed by atoms with E-state index in [2.05, 4.69) is 10.6 Å². The summed E-state index contributed by atoms with van der Waals surface area (Å²) in [5.41, 5.74) is 6.90. The van der Waals surface area contributed by atoms with Crippen LogP contribution in [0.4, 0.5) is 5.69 Å². The molecule has 16 heavy (non-hydrogen) atoms. The molecule has 0 saturated carbocycles. The molecule has 0 aromatic heterocycles. The molecule has 1 heterocycles. The lowest BCUT2D eigenvalue weighted by Crippen LogP contribution is -2.42. The van der Waals surface area contributed by atoms with Crippen molar-refractivity contribution in [1.29, 1.82) is 0 Å². The molecule has 2 rings (SSSR count). The van der Waals surface area contributed by atoms with E-state index in [9.17, 15) is 4.79 Å². The molecule has 1 aliphatic rings. The highest BCUT2D eigenvalue weighted by Crippen LogP contribution is 2.08. The second-order valence-electron chi connectivity index (χ2n) is 4.12. The molecular weight excluding hydrogens is 202 g/mol. The van der Waals surface area contributed by atoms with Gasteiger partial charge in [0.2, 0.25) is 0 Å². The van der Waals surface area contributed by atoms with E-state index in [-0.39, 0.29) is 11.9 Å². The zero-order valence-corrected chi connectivity index (χ0v) is 9.20. The van der Waals surface area contributed by atoms with E-state index in [1.54, 1.807) is 24.3 Å². The lowest BCUT2D eigenvalue weighted by Gasteiger charge is -2.23. The number of hydrogen-bond donors (Lipinski definition) is 3. The third-order valence-electron chi connectivity index (χ3n) is 2.82. The minimum absolute atomic E-state index is 0.0285. The summed E-state index contributed by atoms with van der Waals surface area (Å²) in [6, 6.07) is 7.35. The molecule has 0 bridgehead atoms. The lowest BCUT2D eigenvalue weighted by atomic mass is 10.1. The fourth-order valence-corrected chi connectivity index (χ4v) is 1.91. The summed E-state index contributed by atoms with van der Waals surface area (Å²) in [7, 11) is 0. The van der Waals surface area contributed by atoms with Crippen LogP contribution in [0.3, 0.4) is 0 Å². The van der Waals surface area contributed by atoms with E-state index >= 15 is 0 Å². The third-order valence-corrected chi connectivity index (χ3v) is 2.82. The minimum atomic E-state index is -0.0285. The number of rotatable bonds is 2. The average molecular weight is 219 g/mol. The Morgan fingerprint density at radius 2 is 2.12 bits per heavy atom. The van der Waals surface area contributed by atoms with E-state index in [1.807, 2.05) is 0 Å². The van der Waals surface area contributed by atoms with Crippen molar-refractivity contribution in [3.8, 4) is 0 Å². The highest BCUT2D eigenvalue weighted by molar-refractivity contribution is 5.95. The van der Waals surface area contributed by atoms with Crippen molar-refractivity contribution in [2.45, 2.75) is 18.9 Å². The number of benzene rings is 1. The fourth-order valence-electron chi connectivity index (χ4n) is 1.91. The molecule has 1 fully saturated rings. The maximum atomic E-state index is 11.9. The molecule has 4 nitrogen and oxygen atoms in total. The first kappa shape index (κ1) is 11.0. The summed E-state index contributed by atoms with van der Waals surface area (Å²) in [4.78, 5) is 11.9. The molecule has 0 aliphatic carbocycles. The number of anilines is 1. The Labute approximate surface area is 95.2 Å². The predicted molar refractivity (Wildman–Crippen MR) is 64.2 cm³/mol. The van der Waals surface area contributed by atoms with Crippen LogP contribution >= 0.6 is 0 Å². The standard InChI is InChI=1S/C12H17N3O/c13-10-3-1-2-9(8-10)12(16)15-11-4-6-14-7-5-11/h1-3,8,11,14H,4-7,13H2,(H,15,16). The van der Waals surface area contributed by atoms with Gasteiger partial charge in [0.15, 0.2) is 0 Å². The zero-order chi connectivity index (χ0) is 11.4. The van der Waals surface area contributed by atoms with Gasteiger partial charge in [-0.3, -0.25) is 4.79 Å². The molecule has 1 saturated heterocycles. The van der Waals surface area contributed by atoms with Crippen LogP contribution in [0.1, 0.15) is 23.2 Å². The maximum Gasteiger partial charge on any atom is 0.251 e. The molecule has 1 amide bonds. The van der Waals surface area contributed by atoms with Gasteiger partial charge < -0.3 is 16.4 Å². The molecule has 0 unspecified atom stereocenters. The number of hydrogen-bond acceptors (Lipinski definition) is 3. The third kappa shape index (κ3) is 2.73. The quantitative estimate of drug-likeness (QED) is 0.643. The van der Waals surface area contributed by atoms with Crippen molar-refractivity contribution in [3.05, 3.63) is 29.8 Å². The Hall–Kier alpha value is -1.55. The van der Waals surface area contributed by atoms with E-state index in [0.717, 1.165) is 25.9 Å². The summed E-state index contributed by atoms with van der Waals surface area (Å²) in [6.45, 7) is 1.95. The molecule has 0 radical (unpaired) electrons. The van der Waals surface area contributed by atoms with Gasteiger partial charge in [-0.25, -0.2) is 0 Å². The summed E-state index contributed by atoms with van der Waals surface area (Å²) in [6.07, 6.45) is 1.99. The Balaban J connectivity index is 1.97. The van der Waals surface area contributed by atoms with Crippen molar-refractivity contribution in [1.82, 2.24) is 10.6 Å². The molecule has 4 heteroatoms. The number of piperidine rings is 1. The van der Waals surface area contributed by atoms with Crippen LogP contribution in [0, 0.1) is 0 Å². The number of nitrogen functional groups attached to an aromatic ring is 1. The Bertz CT molecular complexity index is 372. The van der Waals surface area contributed by atoms with Crippen LogP contribution in [0.5, 0.6) is 0 Å². The van der Waals surface area contributed by atoms with E-state index in [4.69, 9.17) is 5.73 Å². The topological polar surface area (TPSA) is 67.2 Å². The van der Waals surface area contributed by atoms with Crippen LogP contribution < -0.4 is 16.4 Å². The SMILES string of the molecule is Nc1cccc(C(=O)NC2CCNCC2)c1. The van der Waals surface area contributed by atoms with Crippen LogP contribution in [0.25, 0.3) is 0 Å².